The Morgan fingerprint density at radius 3 is 2.08 bits per heavy atom. The second kappa shape index (κ2) is 10.4. The number of nitrogens with zero attached hydrogens (tertiary/aromatic N) is 1. The molecule has 0 radical (unpaired) electrons. The first kappa shape index (κ1) is 25.7. The van der Waals surface area contributed by atoms with Gasteiger partial charge in [0.05, 0.1) is 11.1 Å². The van der Waals surface area contributed by atoms with Gasteiger partial charge in [-0.25, -0.2) is 0 Å². The van der Waals surface area contributed by atoms with Crippen molar-refractivity contribution in [3.05, 3.63) is 112 Å². The third-order valence-electron chi connectivity index (χ3n) is 7.85. The molecular weight excluding hydrogens is 470 g/mol. The van der Waals surface area contributed by atoms with Crippen LogP contribution in [0.5, 0.6) is 0 Å². The minimum Gasteiger partial charge on any atom is -0.481 e. The van der Waals surface area contributed by atoms with E-state index in [1.165, 1.54) is 16.7 Å². The van der Waals surface area contributed by atoms with Crippen LogP contribution < -0.4 is 0 Å². The average molecular weight is 506 g/mol. The van der Waals surface area contributed by atoms with Gasteiger partial charge in [0.1, 0.15) is 0 Å². The normalized spacial score (nSPS) is 14.6. The highest BCUT2D eigenvalue weighted by Gasteiger charge is 2.51. The maximum absolute atomic E-state index is 11.6. The molecule has 3 aromatic carbocycles. The van der Waals surface area contributed by atoms with E-state index in [9.17, 15) is 9.90 Å². The van der Waals surface area contributed by atoms with Crippen LogP contribution >= 0.6 is 0 Å². The van der Waals surface area contributed by atoms with E-state index in [4.69, 9.17) is 4.52 Å². The molecule has 0 bridgehead atoms. The number of carboxylic acid groups (broad SMARTS) is 1. The van der Waals surface area contributed by atoms with Crippen LogP contribution in [0.15, 0.2) is 89.0 Å². The van der Waals surface area contributed by atoms with Crippen molar-refractivity contribution in [3.8, 4) is 22.5 Å². The largest absolute Gasteiger partial charge is 0.481 e. The maximum atomic E-state index is 11.6. The number of aryl methyl sites for hydroxylation is 1. The Morgan fingerprint density at radius 2 is 1.53 bits per heavy atom. The third kappa shape index (κ3) is 5.22. The molecule has 1 aliphatic carbocycles. The molecule has 194 valence electrons. The zero-order valence-electron chi connectivity index (χ0n) is 22.6. The van der Waals surface area contributed by atoms with Crippen molar-refractivity contribution in [1.29, 1.82) is 0 Å². The Bertz CT molecular complexity index is 1450. The molecule has 0 spiro atoms. The molecular formula is C34H35NO3. The molecule has 1 N–H and O–H groups in total. The predicted molar refractivity (Wildman–Crippen MR) is 152 cm³/mol. The molecule has 1 aromatic heterocycles. The number of benzene rings is 3. The Labute approximate surface area is 225 Å². The van der Waals surface area contributed by atoms with Crippen LogP contribution in [0.4, 0.5) is 0 Å². The van der Waals surface area contributed by atoms with E-state index >= 15 is 0 Å². The van der Waals surface area contributed by atoms with Gasteiger partial charge < -0.3 is 9.63 Å². The van der Waals surface area contributed by atoms with E-state index in [-0.39, 0.29) is 0 Å². The van der Waals surface area contributed by atoms with Crippen LogP contribution in [0, 0.1) is 6.92 Å². The van der Waals surface area contributed by atoms with Crippen LogP contribution in [0.3, 0.4) is 0 Å². The van der Waals surface area contributed by atoms with Gasteiger partial charge >= 0.3 is 5.97 Å². The van der Waals surface area contributed by atoms with Crippen LogP contribution in [0.2, 0.25) is 0 Å². The van der Waals surface area contributed by atoms with Gasteiger partial charge in [-0.2, -0.15) is 0 Å². The van der Waals surface area contributed by atoms with Gasteiger partial charge in [0, 0.05) is 11.1 Å². The molecule has 0 atom stereocenters. The number of aromatic nitrogens is 1. The molecule has 0 saturated heterocycles. The number of carboxylic acids is 1. The minimum atomic E-state index is -0.724. The Hall–Kier alpha value is -3.92. The summed E-state index contributed by atoms with van der Waals surface area (Å²) >= 11 is 0. The minimum absolute atomic E-state index is 0.545. The lowest BCUT2D eigenvalue weighted by Crippen LogP contribution is -2.19. The lowest BCUT2D eigenvalue weighted by molar-refractivity contribution is -0.140. The number of allylic oxidation sites excluding steroid dienone is 2. The van der Waals surface area contributed by atoms with Gasteiger partial charge in [0.2, 0.25) is 0 Å². The summed E-state index contributed by atoms with van der Waals surface area (Å²) in [6.45, 7) is 8.61. The van der Waals surface area contributed by atoms with Crippen LogP contribution in [-0.2, 0) is 23.1 Å². The Kier molecular flexibility index (Phi) is 7.07. The summed E-state index contributed by atoms with van der Waals surface area (Å²) < 4.78 is 5.76. The van der Waals surface area contributed by atoms with Crippen LogP contribution in [0.1, 0.15) is 67.5 Å². The van der Waals surface area contributed by atoms with E-state index < -0.39 is 11.4 Å². The summed E-state index contributed by atoms with van der Waals surface area (Å²) in [6.07, 6.45) is 5.41. The van der Waals surface area contributed by atoms with E-state index in [1.54, 1.807) is 0 Å². The van der Waals surface area contributed by atoms with Gasteiger partial charge in [-0.05, 0) is 73.3 Å². The summed E-state index contributed by atoms with van der Waals surface area (Å²) in [5, 5.41) is 13.8. The molecule has 1 heterocycles. The summed E-state index contributed by atoms with van der Waals surface area (Å²) in [7, 11) is 0. The van der Waals surface area contributed by atoms with E-state index in [1.807, 2.05) is 31.2 Å². The zero-order chi connectivity index (χ0) is 26.9. The molecule has 0 amide bonds. The van der Waals surface area contributed by atoms with Crippen molar-refractivity contribution in [1.82, 2.24) is 5.16 Å². The first-order chi connectivity index (χ1) is 18.3. The monoisotopic (exact) mass is 505 g/mol. The summed E-state index contributed by atoms with van der Waals surface area (Å²) in [6, 6.07) is 25.2. The van der Waals surface area contributed by atoms with Crippen LogP contribution in [0.25, 0.3) is 22.5 Å². The molecule has 1 saturated carbocycles. The maximum Gasteiger partial charge on any atom is 0.314 e. The first-order valence-electron chi connectivity index (χ1n) is 13.4. The quantitative estimate of drug-likeness (QED) is 0.232. The Morgan fingerprint density at radius 1 is 0.947 bits per heavy atom. The fourth-order valence-corrected chi connectivity index (χ4v) is 5.09. The fraction of sp³-hybridized carbons (Fsp3) is 0.294. The number of rotatable bonds is 9. The van der Waals surface area contributed by atoms with Crippen molar-refractivity contribution >= 4 is 5.97 Å². The first-order valence-corrected chi connectivity index (χ1v) is 13.4. The number of hydrogen-bond acceptors (Lipinski definition) is 3. The van der Waals surface area contributed by atoms with Gasteiger partial charge in [0.15, 0.2) is 5.76 Å². The number of hydrogen-bond donors (Lipinski definition) is 1. The van der Waals surface area contributed by atoms with Crippen molar-refractivity contribution < 1.29 is 14.4 Å². The standard InChI is InChI=1S/C34H35NO3/c1-22(2)26-8-6-25(7-9-26)21-23(3)5-18-31-24(4)35-38-32(31)29-12-10-27(11-13-29)28-14-16-30(17-15-28)34(19-20-34)33(36)37/h5-17,22H,18-21H2,1-4H3,(H,36,37). The van der Waals surface area contributed by atoms with Gasteiger partial charge in [0.25, 0.3) is 0 Å². The molecule has 4 heteroatoms. The summed E-state index contributed by atoms with van der Waals surface area (Å²) in [4.78, 5) is 11.6. The molecule has 4 nitrogen and oxygen atoms in total. The summed E-state index contributed by atoms with van der Waals surface area (Å²) in [5.41, 5.74) is 9.40. The molecule has 5 rings (SSSR count). The van der Waals surface area contributed by atoms with E-state index in [0.717, 1.165) is 65.0 Å². The van der Waals surface area contributed by atoms with Crippen molar-refractivity contribution in [3.63, 3.8) is 0 Å². The number of carbonyl (C=O) groups is 1. The van der Waals surface area contributed by atoms with E-state index in [2.05, 4.69) is 80.5 Å². The van der Waals surface area contributed by atoms with Crippen LogP contribution in [-0.4, -0.2) is 16.2 Å². The second-order valence-electron chi connectivity index (χ2n) is 10.9. The molecule has 0 aliphatic heterocycles. The second-order valence-corrected chi connectivity index (χ2v) is 10.9. The van der Waals surface area contributed by atoms with Crippen molar-refractivity contribution in [2.24, 2.45) is 0 Å². The average Bonchev–Trinajstić information content (AvgIpc) is 3.66. The van der Waals surface area contributed by atoms with E-state index in [0.29, 0.717) is 5.92 Å². The fourth-order valence-electron chi connectivity index (χ4n) is 5.09. The third-order valence-corrected chi connectivity index (χ3v) is 7.85. The lowest BCUT2D eigenvalue weighted by Gasteiger charge is -2.11. The van der Waals surface area contributed by atoms with Crippen molar-refractivity contribution in [2.45, 2.75) is 64.7 Å². The SMILES string of the molecule is CC(=CCc1c(C)noc1-c1ccc(-c2ccc(C3(C(=O)O)CC3)cc2)cc1)Cc1ccc(C(C)C)cc1. The molecule has 0 unspecified atom stereocenters. The Balaban J connectivity index is 1.29. The molecule has 1 aliphatic rings. The molecule has 38 heavy (non-hydrogen) atoms. The van der Waals surface area contributed by atoms with Gasteiger partial charge in [-0.3, -0.25) is 4.79 Å². The predicted octanol–water partition coefficient (Wildman–Crippen LogP) is 8.29. The molecule has 4 aromatic rings. The summed E-state index contributed by atoms with van der Waals surface area (Å²) in [5.74, 6) is 0.633. The lowest BCUT2D eigenvalue weighted by atomic mass is 9.93. The van der Waals surface area contributed by atoms with Gasteiger partial charge in [-0.1, -0.05) is 103 Å². The highest BCUT2D eigenvalue weighted by molar-refractivity contribution is 5.85. The highest BCUT2D eigenvalue weighted by atomic mass is 16.5. The van der Waals surface area contributed by atoms with Gasteiger partial charge in [-0.15, -0.1) is 0 Å². The topological polar surface area (TPSA) is 63.3 Å². The zero-order valence-corrected chi connectivity index (χ0v) is 22.6. The van der Waals surface area contributed by atoms with Crippen molar-refractivity contribution in [2.75, 3.05) is 0 Å². The smallest absolute Gasteiger partial charge is 0.314 e. The molecule has 1 fully saturated rings. The highest BCUT2D eigenvalue weighted by Crippen LogP contribution is 2.48. The number of aliphatic carboxylic acids is 1.